The van der Waals surface area contributed by atoms with E-state index in [1.807, 2.05) is 26.8 Å². The van der Waals surface area contributed by atoms with Gasteiger partial charge in [0.25, 0.3) is 0 Å². The molecule has 0 saturated carbocycles. The van der Waals surface area contributed by atoms with Crippen LogP contribution in [0.15, 0.2) is 30.5 Å². The Morgan fingerprint density at radius 1 is 1.09 bits per heavy atom. The lowest BCUT2D eigenvalue weighted by atomic mass is 9.91. The van der Waals surface area contributed by atoms with E-state index in [0.717, 1.165) is 11.8 Å². The number of aryl methyl sites for hydroxylation is 1. The van der Waals surface area contributed by atoms with Crippen LogP contribution in [-0.2, 0) is 15.1 Å². The second kappa shape index (κ2) is 13.0. The zero-order chi connectivity index (χ0) is 32.4. The summed E-state index contributed by atoms with van der Waals surface area (Å²) in [6, 6.07) is 7.47. The van der Waals surface area contributed by atoms with Crippen LogP contribution in [0.3, 0.4) is 0 Å². The monoisotopic (exact) mass is 630 g/mol. The van der Waals surface area contributed by atoms with Crippen LogP contribution >= 0.6 is 0 Å². The van der Waals surface area contributed by atoms with Crippen LogP contribution < -0.4 is 10.2 Å². The Balaban J connectivity index is 1.64. The van der Waals surface area contributed by atoms with Gasteiger partial charge in [0.05, 0.1) is 28.9 Å². The molecule has 2 aromatic heterocycles. The number of aromatic nitrogens is 3. The van der Waals surface area contributed by atoms with Crippen LogP contribution in [0.5, 0.6) is 0 Å². The van der Waals surface area contributed by atoms with E-state index in [1.165, 1.54) is 26.0 Å². The Labute approximate surface area is 259 Å². The van der Waals surface area contributed by atoms with Crippen LogP contribution in [0, 0.1) is 12.7 Å². The molecule has 1 aliphatic rings. The molecule has 1 fully saturated rings. The van der Waals surface area contributed by atoms with Gasteiger partial charge in [-0.05, 0) is 58.0 Å². The number of benzene rings is 1. The summed E-state index contributed by atoms with van der Waals surface area (Å²) in [5.41, 5.74) is -1.16. The highest BCUT2D eigenvalue weighted by atomic mass is 28.4. The maximum Gasteiger partial charge on any atom is 0.302 e. The average molecular weight is 631 g/mol. The lowest BCUT2D eigenvalue weighted by Gasteiger charge is -2.42. The molecular weight excluding hydrogens is 585 g/mol. The molecule has 44 heavy (non-hydrogen) atoms. The lowest BCUT2D eigenvalue weighted by molar-refractivity contribution is -0.161. The van der Waals surface area contributed by atoms with E-state index in [1.54, 1.807) is 31.9 Å². The summed E-state index contributed by atoms with van der Waals surface area (Å²) in [6.07, 6.45) is 1.74. The van der Waals surface area contributed by atoms with E-state index in [2.05, 4.69) is 25.2 Å². The van der Waals surface area contributed by atoms with E-state index in [9.17, 15) is 4.79 Å². The van der Waals surface area contributed by atoms with Gasteiger partial charge in [-0.3, -0.25) is 4.79 Å². The number of carbonyl (C=O) groups excluding carboxylic acids is 1. The van der Waals surface area contributed by atoms with E-state index in [0.29, 0.717) is 67.0 Å². The fourth-order valence-electron chi connectivity index (χ4n) is 5.98. The number of piperazine rings is 1. The molecule has 1 N–H and O–H groups in total. The van der Waals surface area contributed by atoms with Gasteiger partial charge in [0.15, 0.2) is 14.0 Å². The normalized spacial score (nSPS) is 15.5. The summed E-state index contributed by atoms with van der Waals surface area (Å²) in [7, 11) is -2.41. The van der Waals surface area contributed by atoms with Crippen molar-refractivity contribution >= 4 is 36.8 Å². The van der Waals surface area contributed by atoms with E-state index < -0.39 is 37.3 Å². The second-order valence-corrected chi connectivity index (χ2v) is 16.9. The largest absolute Gasteiger partial charge is 0.405 e. The number of alkyl halides is 2. The molecule has 8 nitrogen and oxygen atoms in total. The molecule has 1 atom stereocenters. The number of rotatable bonds is 11. The van der Waals surface area contributed by atoms with E-state index in [4.69, 9.17) is 4.43 Å². The molecule has 240 valence electrons. The molecular formula is C32H45F3N6O2Si. The SMILES string of the molecule is CC[Si](CC)(CC)OC(C)(C)C(F)(F)c1cccc([C@@H](C)Nc2nc(C)nc3ncc(N4CCN(C(C)=O)CC4)cc23)c1F. The molecule has 3 heterocycles. The second-order valence-electron chi connectivity index (χ2n) is 12.2. The van der Waals surface area contributed by atoms with Crippen molar-refractivity contribution in [1.29, 1.82) is 0 Å². The van der Waals surface area contributed by atoms with Crippen molar-refractivity contribution in [3.05, 3.63) is 53.2 Å². The van der Waals surface area contributed by atoms with Crippen LogP contribution in [-0.4, -0.2) is 65.9 Å². The van der Waals surface area contributed by atoms with Crippen LogP contribution in [0.2, 0.25) is 18.1 Å². The van der Waals surface area contributed by atoms with Gasteiger partial charge >= 0.3 is 5.92 Å². The number of pyridine rings is 1. The highest BCUT2D eigenvalue weighted by Crippen LogP contribution is 2.46. The Morgan fingerprint density at radius 3 is 2.32 bits per heavy atom. The Hall–Kier alpha value is -3.25. The van der Waals surface area contributed by atoms with Crippen molar-refractivity contribution in [3.63, 3.8) is 0 Å². The van der Waals surface area contributed by atoms with Gasteiger partial charge in [-0.15, -0.1) is 0 Å². The average Bonchev–Trinajstić information content (AvgIpc) is 2.99. The maximum atomic E-state index is 16.1. The minimum atomic E-state index is -3.58. The third kappa shape index (κ3) is 6.56. The molecule has 12 heteroatoms. The van der Waals surface area contributed by atoms with Gasteiger partial charge in [0.2, 0.25) is 5.91 Å². The minimum absolute atomic E-state index is 0.0497. The standard InChI is InChI=1S/C32H45F3N6O2Si/c1-9-44(10-2,11-3)43-31(7,8)32(34,35)27-14-12-13-25(28(27)33)21(4)37-30-26-19-24(20-36-29(26)38-22(5)39-30)41-17-15-40(16-18-41)23(6)42/h12-14,19-21H,9-11,15-18H2,1-8H3,(H,36,37,38,39)/t21-/m1/s1. The first kappa shape index (κ1) is 33.6. The third-order valence-corrected chi connectivity index (χ3v) is 13.9. The fourth-order valence-corrected chi connectivity index (χ4v) is 9.12. The van der Waals surface area contributed by atoms with E-state index >= 15 is 13.2 Å². The molecule has 0 radical (unpaired) electrons. The number of carbonyl (C=O) groups is 1. The third-order valence-electron chi connectivity index (χ3n) is 9.09. The molecule has 4 rings (SSSR count). The number of hydrogen-bond acceptors (Lipinski definition) is 7. The highest BCUT2D eigenvalue weighted by Gasteiger charge is 2.54. The van der Waals surface area contributed by atoms with Crippen molar-refractivity contribution in [1.82, 2.24) is 19.9 Å². The zero-order valence-electron chi connectivity index (χ0n) is 27.1. The molecule has 0 aliphatic carbocycles. The summed E-state index contributed by atoms with van der Waals surface area (Å²) >= 11 is 0. The lowest BCUT2D eigenvalue weighted by Crippen LogP contribution is -2.52. The van der Waals surface area contributed by atoms with Gasteiger partial charge in [-0.25, -0.2) is 19.3 Å². The summed E-state index contributed by atoms with van der Waals surface area (Å²) in [4.78, 5) is 29.3. The number of anilines is 2. The molecule has 0 bridgehead atoms. The van der Waals surface area contributed by atoms with Crippen LogP contribution in [0.4, 0.5) is 24.7 Å². The van der Waals surface area contributed by atoms with Crippen LogP contribution in [0.1, 0.15) is 71.5 Å². The van der Waals surface area contributed by atoms with Crippen molar-refractivity contribution in [2.45, 2.75) is 91.1 Å². The summed E-state index contributed by atoms with van der Waals surface area (Å²) in [5.74, 6) is -3.59. The molecule has 3 aromatic rings. The Bertz CT molecular complexity index is 1480. The number of amides is 1. The van der Waals surface area contributed by atoms with Crippen molar-refractivity contribution in [2.24, 2.45) is 0 Å². The highest BCUT2D eigenvalue weighted by molar-refractivity contribution is 6.73. The predicted molar refractivity (Wildman–Crippen MR) is 171 cm³/mol. The van der Waals surface area contributed by atoms with Gasteiger partial charge in [0.1, 0.15) is 23.1 Å². The zero-order valence-corrected chi connectivity index (χ0v) is 28.1. The summed E-state index contributed by atoms with van der Waals surface area (Å²) < 4.78 is 54.6. The molecule has 1 aliphatic heterocycles. The number of fused-ring (bicyclic) bond motifs is 1. The molecule has 1 saturated heterocycles. The first-order valence-electron chi connectivity index (χ1n) is 15.5. The smallest absolute Gasteiger partial charge is 0.302 e. The molecule has 0 spiro atoms. The number of halogens is 3. The first-order valence-corrected chi connectivity index (χ1v) is 18.0. The van der Waals surface area contributed by atoms with Gasteiger partial charge in [-0.2, -0.15) is 8.78 Å². The van der Waals surface area contributed by atoms with Crippen LogP contribution in [0.25, 0.3) is 11.0 Å². The van der Waals surface area contributed by atoms with Gasteiger partial charge < -0.3 is 19.5 Å². The number of nitrogens with one attached hydrogen (secondary N) is 1. The summed E-state index contributed by atoms with van der Waals surface area (Å²) in [5, 5.41) is 3.88. The minimum Gasteiger partial charge on any atom is -0.405 e. The summed E-state index contributed by atoms with van der Waals surface area (Å²) in [6.45, 7) is 16.2. The maximum absolute atomic E-state index is 16.1. The molecule has 1 aromatic carbocycles. The molecule has 0 unspecified atom stereocenters. The van der Waals surface area contributed by atoms with Gasteiger partial charge in [0, 0.05) is 38.7 Å². The quantitative estimate of drug-likeness (QED) is 0.224. The van der Waals surface area contributed by atoms with Crippen molar-refractivity contribution in [2.75, 3.05) is 36.4 Å². The fraction of sp³-hybridized carbons (Fsp3) is 0.562. The van der Waals surface area contributed by atoms with Gasteiger partial charge in [-0.1, -0.05) is 32.9 Å². The van der Waals surface area contributed by atoms with Crippen molar-refractivity contribution in [3.8, 4) is 0 Å². The number of nitrogens with zero attached hydrogens (tertiary/aromatic N) is 5. The van der Waals surface area contributed by atoms with Crippen molar-refractivity contribution < 1.29 is 22.4 Å². The Kier molecular flexibility index (Phi) is 9.94. The topological polar surface area (TPSA) is 83.5 Å². The Morgan fingerprint density at radius 2 is 1.73 bits per heavy atom. The first-order chi connectivity index (χ1) is 20.7. The van der Waals surface area contributed by atoms with E-state index in [-0.39, 0.29) is 11.5 Å². The predicted octanol–water partition coefficient (Wildman–Crippen LogP) is 7.21. The number of hydrogen-bond donors (Lipinski definition) is 1. The molecule has 1 amide bonds.